The Labute approximate surface area is 344 Å². The molecule has 6 heterocycles. The zero-order valence-corrected chi connectivity index (χ0v) is 34.1. The van der Waals surface area contributed by atoms with Crippen molar-refractivity contribution in [1.29, 1.82) is 0 Å². The summed E-state index contributed by atoms with van der Waals surface area (Å²) in [5.41, 5.74) is 8.06. The maximum Gasteiger partial charge on any atom is 0.443 e. The number of anilines is 2. The lowest BCUT2D eigenvalue weighted by atomic mass is 10.00. The van der Waals surface area contributed by atoms with Gasteiger partial charge in [0.15, 0.2) is 0 Å². The van der Waals surface area contributed by atoms with Crippen LogP contribution < -0.4 is 20.4 Å². The number of piperidine rings is 2. The van der Waals surface area contributed by atoms with Crippen molar-refractivity contribution in [1.82, 2.24) is 30.2 Å². The lowest BCUT2D eigenvalue weighted by Gasteiger charge is -2.24. The van der Waals surface area contributed by atoms with E-state index in [4.69, 9.17) is 51.2 Å². The van der Waals surface area contributed by atoms with Crippen molar-refractivity contribution in [3.63, 3.8) is 0 Å². The first-order chi connectivity index (χ1) is 28.0. The molecule has 2 saturated carbocycles. The van der Waals surface area contributed by atoms with Crippen molar-refractivity contribution < 1.29 is 37.6 Å². The molecular formula is C40H44Cl2N8O8. The van der Waals surface area contributed by atoms with Crippen molar-refractivity contribution in [3.05, 3.63) is 45.1 Å². The van der Waals surface area contributed by atoms with Crippen molar-refractivity contribution in [2.45, 2.75) is 77.3 Å². The normalized spacial score (nSPS) is 25.7. The number of aromatic nitrogens is 4. The highest BCUT2D eigenvalue weighted by Crippen LogP contribution is 2.59. The van der Waals surface area contributed by atoms with Crippen LogP contribution in [0.2, 0.25) is 10.0 Å². The molecule has 0 bridgehead atoms. The van der Waals surface area contributed by atoms with Crippen LogP contribution in [0.25, 0.3) is 22.9 Å². The third-order valence-electron chi connectivity index (χ3n) is 12.8. The predicted molar refractivity (Wildman–Crippen MR) is 209 cm³/mol. The number of carbonyl (C=O) groups excluding carboxylic acids is 2. The summed E-state index contributed by atoms with van der Waals surface area (Å²) < 4.78 is 24.5. The van der Waals surface area contributed by atoms with Crippen LogP contribution in [0.15, 0.2) is 21.0 Å². The molecule has 2 saturated heterocycles. The summed E-state index contributed by atoms with van der Waals surface area (Å²) in [6.45, 7) is 13.9. The van der Waals surface area contributed by atoms with Gasteiger partial charge in [0.1, 0.15) is 11.5 Å². The number of likely N-dealkylation sites (tertiary alicyclic amines) is 2. The van der Waals surface area contributed by atoms with Crippen LogP contribution >= 0.6 is 23.2 Å². The lowest BCUT2D eigenvalue weighted by molar-refractivity contribution is -0.164. The van der Waals surface area contributed by atoms with E-state index in [1.54, 1.807) is 12.1 Å². The molecule has 2 aromatic carbocycles. The van der Waals surface area contributed by atoms with E-state index in [0.29, 0.717) is 132 Å². The quantitative estimate of drug-likeness (QED) is 0.134. The van der Waals surface area contributed by atoms with Gasteiger partial charge in [-0.2, -0.15) is 0 Å². The van der Waals surface area contributed by atoms with Gasteiger partial charge in [0.05, 0.1) is 45.8 Å². The Morgan fingerprint density at radius 1 is 0.672 bits per heavy atom. The molecule has 6 aliphatic rings. The number of hydrogen-bond donors (Lipinski definition) is 2. The summed E-state index contributed by atoms with van der Waals surface area (Å²) in [5, 5.41) is 17.9. The molecule has 2 aromatic heterocycles. The molecule has 58 heavy (non-hydrogen) atoms. The molecule has 4 atom stereocenters. The molecule has 0 radical (unpaired) electrons. The number of fused-ring (bicyclic) bond motifs is 4. The van der Waals surface area contributed by atoms with Crippen LogP contribution in [-0.2, 0) is 32.1 Å². The molecule has 306 valence electrons. The molecule has 0 spiro atoms. The van der Waals surface area contributed by atoms with E-state index in [1.165, 1.54) is 0 Å². The van der Waals surface area contributed by atoms with Crippen LogP contribution in [0.3, 0.4) is 0 Å². The minimum Gasteiger partial charge on any atom is -0.492 e. The molecule has 4 unspecified atom stereocenters. The fraction of sp³-hybridized carbons (Fsp3) is 0.550. The highest BCUT2D eigenvalue weighted by Gasteiger charge is 2.60. The average Bonchev–Trinajstić information content (AvgIpc) is 3.67. The Hall–Kier alpha value is -4.64. The van der Waals surface area contributed by atoms with Gasteiger partial charge >= 0.3 is 11.9 Å². The number of nitrogens with zero attached hydrogens (tertiary/aromatic N) is 6. The first-order valence-electron chi connectivity index (χ1n) is 20.1. The summed E-state index contributed by atoms with van der Waals surface area (Å²) in [6, 6.07) is 4.27. The molecule has 18 heteroatoms. The van der Waals surface area contributed by atoms with E-state index >= 15 is 0 Å². The Morgan fingerprint density at radius 2 is 1.07 bits per heavy atom. The number of rotatable bonds is 10. The third kappa shape index (κ3) is 6.52. The molecule has 4 aromatic rings. The van der Waals surface area contributed by atoms with Gasteiger partial charge in [-0.15, -0.1) is 20.4 Å². The fourth-order valence-corrected chi connectivity index (χ4v) is 10.0. The predicted octanol–water partition coefficient (Wildman–Crippen LogP) is 6.29. The monoisotopic (exact) mass is 834 g/mol. The summed E-state index contributed by atoms with van der Waals surface area (Å²) in [4.78, 5) is 41.2. The van der Waals surface area contributed by atoms with Crippen LogP contribution in [0.4, 0.5) is 11.4 Å². The maximum absolute atomic E-state index is 12.9. The number of ether oxygens (including phenoxy) is 2. The van der Waals surface area contributed by atoms with Crippen molar-refractivity contribution in [3.8, 4) is 34.4 Å². The minimum absolute atomic E-state index is 0.207. The van der Waals surface area contributed by atoms with E-state index in [0.717, 1.165) is 26.2 Å². The van der Waals surface area contributed by atoms with Crippen LogP contribution in [0.5, 0.6) is 11.5 Å². The molecule has 10 rings (SSSR count). The first-order valence-corrected chi connectivity index (χ1v) is 20.9. The van der Waals surface area contributed by atoms with Gasteiger partial charge in [0.25, 0.3) is 11.8 Å². The van der Waals surface area contributed by atoms with Gasteiger partial charge in [0.2, 0.25) is 11.8 Å². The van der Waals surface area contributed by atoms with E-state index in [9.17, 15) is 9.59 Å². The molecule has 0 amide bonds. The zero-order chi connectivity index (χ0) is 40.0. The number of benzene rings is 2. The van der Waals surface area contributed by atoms with Crippen molar-refractivity contribution >= 4 is 46.5 Å². The van der Waals surface area contributed by atoms with Crippen LogP contribution in [0, 0.1) is 23.7 Å². The van der Waals surface area contributed by atoms with Gasteiger partial charge in [-0.05, 0) is 89.2 Å². The molecule has 16 nitrogen and oxygen atoms in total. The Kier molecular flexibility index (Phi) is 9.45. The largest absolute Gasteiger partial charge is 0.492 e. The summed E-state index contributed by atoms with van der Waals surface area (Å²) in [6.07, 6.45) is 2.49. The van der Waals surface area contributed by atoms with Gasteiger partial charge in [-0.1, -0.05) is 23.2 Å². The SMILES string of the molecule is CC(C)N1CC2C(C1)C2c1nnc(-c2cc(Cl)c(NOC(=O)C(=O)ONc3c(Cl)cc(-c4nnc(C5C6CN(C(C)C)CC65)o4)c4c3CCCO4)c3c2OCCC3)o1. The van der Waals surface area contributed by atoms with Crippen molar-refractivity contribution in [2.24, 2.45) is 23.7 Å². The second-order valence-corrected chi connectivity index (χ2v) is 17.6. The standard InChI is InChI=1S/C40H44Cl2N8O8/c1-17(2)49-13-23-24(14-49)29(23)37-45-43-35(55-37)21-11-27(41)31(19-7-5-9-53-33(19)21)47-57-39(51)40(52)58-48-32-20-8-6-10-54-34(20)22(12-28(32)42)36-44-46-38(56-36)30-25-15-50(18(3)4)16-26(25)30/h11-12,17-18,23-26,29-30,47-48H,5-10,13-16H2,1-4H3. The molecule has 2 N–H and O–H groups in total. The number of halogens is 2. The second kappa shape index (κ2) is 14.6. The summed E-state index contributed by atoms with van der Waals surface area (Å²) in [7, 11) is 0. The second-order valence-electron chi connectivity index (χ2n) is 16.8. The highest BCUT2D eigenvalue weighted by atomic mass is 35.5. The van der Waals surface area contributed by atoms with Gasteiger partial charge < -0.3 is 37.8 Å². The highest BCUT2D eigenvalue weighted by molar-refractivity contribution is 6.35. The lowest BCUT2D eigenvalue weighted by Crippen LogP contribution is -2.31. The summed E-state index contributed by atoms with van der Waals surface area (Å²) in [5.74, 6) is 2.75. The van der Waals surface area contributed by atoms with Crippen molar-refractivity contribution in [2.75, 3.05) is 50.4 Å². The fourth-order valence-electron chi connectivity index (χ4n) is 9.49. The van der Waals surface area contributed by atoms with E-state index in [2.05, 4.69) is 68.8 Å². The number of nitrogens with one attached hydrogen (secondary N) is 2. The Balaban J connectivity index is 0.796. The number of carbonyl (C=O) groups is 2. The first kappa shape index (κ1) is 37.6. The molecule has 4 fully saturated rings. The van der Waals surface area contributed by atoms with E-state index in [-0.39, 0.29) is 33.3 Å². The minimum atomic E-state index is -1.33. The zero-order valence-electron chi connectivity index (χ0n) is 32.5. The topological polar surface area (TPSA) is 179 Å². The smallest absolute Gasteiger partial charge is 0.443 e. The Bertz CT molecular complexity index is 2120. The van der Waals surface area contributed by atoms with E-state index in [1.807, 2.05) is 0 Å². The van der Waals surface area contributed by atoms with Crippen LogP contribution in [0.1, 0.15) is 75.3 Å². The van der Waals surface area contributed by atoms with Gasteiger partial charge in [-0.3, -0.25) is 0 Å². The molecular weight excluding hydrogens is 791 g/mol. The van der Waals surface area contributed by atoms with Crippen LogP contribution in [-0.4, -0.2) is 93.6 Å². The van der Waals surface area contributed by atoms with Gasteiger partial charge in [0, 0.05) is 61.2 Å². The molecule has 2 aliphatic carbocycles. The molecule has 4 aliphatic heterocycles. The van der Waals surface area contributed by atoms with Gasteiger partial charge in [-0.25, -0.2) is 20.5 Å². The number of hydrogen-bond acceptors (Lipinski definition) is 16. The third-order valence-corrected chi connectivity index (χ3v) is 13.4. The maximum atomic E-state index is 12.9. The van der Waals surface area contributed by atoms with E-state index < -0.39 is 11.9 Å². The average molecular weight is 836 g/mol. The summed E-state index contributed by atoms with van der Waals surface area (Å²) >= 11 is 13.5. The Morgan fingerprint density at radius 3 is 1.45 bits per heavy atom.